The van der Waals surface area contributed by atoms with Gasteiger partial charge in [0.05, 0.1) is 34.2 Å². The van der Waals surface area contributed by atoms with Crippen LogP contribution in [0.2, 0.25) is 5.02 Å². The number of aliphatic hydroxyl groups is 1. The predicted molar refractivity (Wildman–Crippen MR) is 148 cm³/mol. The van der Waals surface area contributed by atoms with Crippen molar-refractivity contribution in [2.75, 3.05) is 19.7 Å². The molecule has 2 aromatic heterocycles. The van der Waals surface area contributed by atoms with E-state index < -0.39 is 23.1 Å². The molecule has 0 radical (unpaired) electrons. The Hall–Kier alpha value is -3.50. The number of nitrogens with zero attached hydrogens (tertiary/aromatic N) is 3. The first-order valence-electron chi connectivity index (χ1n) is 13.4. The Morgan fingerprint density at radius 3 is 2.58 bits per heavy atom. The van der Waals surface area contributed by atoms with Crippen LogP contribution in [0.3, 0.4) is 0 Å². The molecule has 1 aliphatic heterocycles. The van der Waals surface area contributed by atoms with E-state index in [1.165, 1.54) is 6.07 Å². The number of carboxylic acid groups (broad SMARTS) is 1. The van der Waals surface area contributed by atoms with E-state index in [4.69, 9.17) is 16.3 Å². The average Bonchev–Trinajstić information content (AvgIpc) is 3.33. The number of hydrogen-bond donors (Lipinski definition) is 3. The van der Waals surface area contributed by atoms with Crippen LogP contribution >= 0.6 is 11.6 Å². The van der Waals surface area contributed by atoms with Crippen LogP contribution in [0.15, 0.2) is 30.3 Å². The number of imidazole rings is 1. The first-order chi connectivity index (χ1) is 19.1. The monoisotopic (exact) mass is 570 g/mol. The lowest BCUT2D eigenvalue weighted by Crippen LogP contribution is -2.48. The number of pyridine rings is 1. The van der Waals surface area contributed by atoms with Crippen LogP contribution in [0.1, 0.15) is 51.5 Å². The maximum absolute atomic E-state index is 15.3. The lowest BCUT2D eigenvalue weighted by molar-refractivity contribution is -0.144. The van der Waals surface area contributed by atoms with E-state index in [1.54, 1.807) is 36.9 Å². The number of ether oxygens (including phenoxy) is 1. The smallest absolute Gasteiger partial charge is 0.306 e. The number of carbonyl (C=O) groups excluding carboxylic acids is 1. The van der Waals surface area contributed by atoms with Crippen LogP contribution in [0, 0.1) is 17.2 Å². The van der Waals surface area contributed by atoms with Gasteiger partial charge in [0.2, 0.25) is 5.91 Å². The number of H-pyrrole nitrogens is 1. The number of aromatic nitrogens is 3. The summed E-state index contributed by atoms with van der Waals surface area (Å²) in [6.07, 6.45) is 4.49. The van der Waals surface area contributed by atoms with Crippen molar-refractivity contribution in [2.24, 2.45) is 11.3 Å². The van der Waals surface area contributed by atoms with Crippen molar-refractivity contribution in [1.29, 1.82) is 0 Å². The zero-order valence-corrected chi connectivity index (χ0v) is 23.2. The Labute approximate surface area is 236 Å². The second-order valence-corrected chi connectivity index (χ2v) is 11.5. The number of carboxylic acids is 1. The Balaban J connectivity index is 1.29. The van der Waals surface area contributed by atoms with Gasteiger partial charge in [-0.2, -0.15) is 4.98 Å². The number of hydrogen-bond acceptors (Lipinski definition) is 6. The first-order valence-corrected chi connectivity index (χ1v) is 13.8. The minimum atomic E-state index is -0.812. The number of likely N-dealkylation sites (tertiary alicyclic amines) is 1. The molecule has 2 aliphatic rings. The summed E-state index contributed by atoms with van der Waals surface area (Å²) in [7, 11) is 0. The number of nitrogens with one attached hydrogen (secondary N) is 1. The number of carbonyl (C=O) groups is 2. The molecule has 40 heavy (non-hydrogen) atoms. The molecule has 9 nitrogen and oxygen atoms in total. The highest BCUT2D eigenvalue weighted by Gasteiger charge is 2.34. The van der Waals surface area contributed by atoms with E-state index in [1.807, 2.05) is 6.08 Å². The summed E-state index contributed by atoms with van der Waals surface area (Å²) in [5.74, 6) is -1.76. The van der Waals surface area contributed by atoms with Crippen molar-refractivity contribution in [3.05, 3.63) is 46.7 Å². The van der Waals surface area contributed by atoms with Crippen LogP contribution in [0.4, 0.5) is 4.39 Å². The number of benzene rings is 1. The van der Waals surface area contributed by atoms with Crippen LogP contribution < -0.4 is 4.74 Å². The van der Waals surface area contributed by atoms with Crippen molar-refractivity contribution in [1.82, 2.24) is 19.9 Å². The van der Waals surface area contributed by atoms with E-state index in [0.29, 0.717) is 61.9 Å². The number of allylic oxidation sites excluding steroid dienone is 2. The van der Waals surface area contributed by atoms with Gasteiger partial charge in [-0.15, -0.1) is 0 Å². The number of fused-ring (bicyclic) bond motifs is 1. The lowest BCUT2D eigenvalue weighted by Gasteiger charge is -2.36. The third-order valence-electron chi connectivity index (χ3n) is 7.74. The standard InChI is InChI=1S/C29H32ClFN4O5/c1-29(2,15-36)27(39)35-11-9-19(10-12-35)40-28-32-23-14-21(30)24(33-25(23)34-28)20-8-7-18(13-22(20)31)16-3-5-17(6-4-16)26(37)38/h3,7-8,13-14,17,19,36H,4-6,9-12,15H2,1-2H3,(H,37,38)(H,32,33,34). The molecule has 1 aliphatic carbocycles. The van der Waals surface area contributed by atoms with Gasteiger partial charge in [-0.05, 0) is 62.4 Å². The largest absolute Gasteiger partial charge is 0.481 e. The molecule has 212 valence electrons. The second kappa shape index (κ2) is 11.2. The molecule has 0 bridgehead atoms. The molecule has 3 N–H and O–H groups in total. The highest BCUT2D eigenvalue weighted by molar-refractivity contribution is 6.33. The van der Waals surface area contributed by atoms with Crippen LogP contribution in [-0.4, -0.2) is 67.7 Å². The first kappa shape index (κ1) is 28.0. The van der Waals surface area contributed by atoms with E-state index in [9.17, 15) is 19.8 Å². The molecule has 1 fully saturated rings. The van der Waals surface area contributed by atoms with Gasteiger partial charge >= 0.3 is 5.97 Å². The third-order valence-corrected chi connectivity index (χ3v) is 8.03. The van der Waals surface area contributed by atoms with Gasteiger partial charge in [-0.3, -0.25) is 9.59 Å². The van der Waals surface area contributed by atoms with Crippen LogP contribution in [-0.2, 0) is 9.59 Å². The molecule has 1 atom stereocenters. The Bertz CT molecular complexity index is 1480. The van der Waals surface area contributed by atoms with Gasteiger partial charge < -0.3 is 24.8 Å². The van der Waals surface area contributed by atoms with Crippen molar-refractivity contribution in [2.45, 2.75) is 52.1 Å². The van der Waals surface area contributed by atoms with Crippen molar-refractivity contribution in [3.63, 3.8) is 0 Å². The average molecular weight is 571 g/mol. The number of aliphatic hydroxyl groups excluding tert-OH is 1. The molecular weight excluding hydrogens is 539 g/mol. The highest BCUT2D eigenvalue weighted by atomic mass is 35.5. The van der Waals surface area contributed by atoms with Crippen molar-refractivity contribution >= 4 is 40.2 Å². The summed E-state index contributed by atoms with van der Waals surface area (Å²) in [6.45, 7) is 4.29. The maximum Gasteiger partial charge on any atom is 0.306 e. The SMILES string of the molecule is CC(C)(CO)C(=O)N1CCC(Oc2nc3nc(-c4ccc(C5=CCC(C(=O)O)CC5)cc4F)c(Cl)cc3[nH]2)CC1. The number of amides is 1. The summed E-state index contributed by atoms with van der Waals surface area (Å²) < 4.78 is 21.3. The molecule has 1 aromatic carbocycles. The van der Waals surface area contributed by atoms with Gasteiger partial charge in [0.25, 0.3) is 6.01 Å². The number of rotatable bonds is 7. The predicted octanol–water partition coefficient (Wildman–Crippen LogP) is 5.07. The third kappa shape index (κ3) is 5.69. The topological polar surface area (TPSA) is 129 Å². The molecule has 3 heterocycles. The zero-order chi connectivity index (χ0) is 28.6. The number of piperidine rings is 1. The van der Waals surface area contributed by atoms with Gasteiger partial charge in [0, 0.05) is 31.5 Å². The summed E-state index contributed by atoms with van der Waals surface area (Å²) >= 11 is 6.50. The quantitative estimate of drug-likeness (QED) is 0.361. The summed E-state index contributed by atoms with van der Waals surface area (Å²) in [5.41, 5.74) is 2.22. The summed E-state index contributed by atoms with van der Waals surface area (Å²) in [6, 6.07) is 6.77. The summed E-state index contributed by atoms with van der Waals surface area (Å²) in [5, 5.41) is 18.9. The number of aromatic amines is 1. The fraction of sp³-hybridized carbons (Fsp3) is 0.448. The normalized spacial score (nSPS) is 18.6. The summed E-state index contributed by atoms with van der Waals surface area (Å²) in [4.78, 5) is 37.6. The minimum Gasteiger partial charge on any atom is -0.481 e. The molecule has 1 saturated heterocycles. The molecule has 3 aromatic rings. The molecule has 0 spiro atoms. The highest BCUT2D eigenvalue weighted by Crippen LogP contribution is 2.35. The molecule has 0 saturated carbocycles. The van der Waals surface area contributed by atoms with E-state index in [-0.39, 0.29) is 40.9 Å². The fourth-order valence-corrected chi connectivity index (χ4v) is 5.45. The van der Waals surface area contributed by atoms with Crippen LogP contribution in [0.25, 0.3) is 28.0 Å². The fourth-order valence-electron chi connectivity index (χ4n) is 5.20. The Kier molecular flexibility index (Phi) is 7.83. The minimum absolute atomic E-state index is 0.0777. The molecule has 5 rings (SSSR count). The van der Waals surface area contributed by atoms with Crippen LogP contribution in [0.5, 0.6) is 6.01 Å². The van der Waals surface area contributed by atoms with Gasteiger partial charge in [-0.25, -0.2) is 9.37 Å². The molecule has 1 unspecified atom stereocenters. The van der Waals surface area contributed by atoms with Gasteiger partial charge in [-0.1, -0.05) is 23.7 Å². The number of halogens is 2. The Morgan fingerprint density at radius 1 is 1.20 bits per heavy atom. The van der Waals surface area contributed by atoms with E-state index in [0.717, 1.165) is 5.57 Å². The van der Waals surface area contributed by atoms with E-state index in [2.05, 4.69) is 15.0 Å². The van der Waals surface area contributed by atoms with Crippen molar-refractivity contribution in [3.8, 4) is 17.3 Å². The molecular formula is C29H32ClFN4O5. The maximum atomic E-state index is 15.3. The van der Waals surface area contributed by atoms with Gasteiger partial charge in [0.1, 0.15) is 11.9 Å². The second-order valence-electron chi connectivity index (χ2n) is 11.1. The number of aliphatic carboxylic acids is 1. The van der Waals surface area contributed by atoms with Crippen molar-refractivity contribution < 1.29 is 28.9 Å². The molecule has 11 heteroatoms. The molecule has 1 amide bonds. The Morgan fingerprint density at radius 2 is 1.95 bits per heavy atom. The zero-order valence-electron chi connectivity index (χ0n) is 22.4. The van der Waals surface area contributed by atoms with Gasteiger partial charge in [0.15, 0.2) is 5.65 Å². The van der Waals surface area contributed by atoms with E-state index >= 15 is 4.39 Å². The lowest BCUT2D eigenvalue weighted by atomic mass is 9.86.